The number of nitrogens with one attached hydrogen (secondary N) is 1. The number of fused-ring (bicyclic) bond motifs is 1. The molecule has 0 bridgehead atoms. The van der Waals surface area contributed by atoms with Gasteiger partial charge in [0.1, 0.15) is 11.0 Å². The number of hydrogen-bond acceptors (Lipinski definition) is 4. The number of aromatic nitrogens is 2. The summed E-state index contributed by atoms with van der Waals surface area (Å²) < 4.78 is 0. The van der Waals surface area contributed by atoms with Crippen molar-refractivity contribution in [3.05, 3.63) is 53.8 Å². The smallest absolute Gasteiger partial charge is 0.134 e. The van der Waals surface area contributed by atoms with Gasteiger partial charge in [-0.15, -0.1) is 0 Å². The summed E-state index contributed by atoms with van der Waals surface area (Å²) in [5.74, 6) is 0.612. The SMILES string of the molecule is Nc1cc(Cl)nc(Nc2cccc3ncccc23)c1. The van der Waals surface area contributed by atoms with Crippen LogP contribution in [0.2, 0.25) is 5.15 Å². The molecule has 0 saturated carbocycles. The molecule has 0 saturated heterocycles. The average molecular weight is 271 g/mol. The normalized spacial score (nSPS) is 10.6. The van der Waals surface area contributed by atoms with Crippen molar-refractivity contribution in [1.29, 1.82) is 0 Å². The van der Waals surface area contributed by atoms with Crippen molar-refractivity contribution >= 4 is 39.7 Å². The lowest BCUT2D eigenvalue weighted by Gasteiger charge is -2.09. The van der Waals surface area contributed by atoms with Gasteiger partial charge in [-0.3, -0.25) is 4.98 Å². The molecule has 3 rings (SSSR count). The van der Waals surface area contributed by atoms with E-state index >= 15 is 0 Å². The molecule has 0 atom stereocenters. The lowest BCUT2D eigenvalue weighted by molar-refractivity contribution is 1.31. The highest BCUT2D eigenvalue weighted by Crippen LogP contribution is 2.25. The highest BCUT2D eigenvalue weighted by atomic mass is 35.5. The molecule has 0 radical (unpaired) electrons. The number of halogens is 1. The van der Waals surface area contributed by atoms with Crippen molar-refractivity contribution in [2.24, 2.45) is 0 Å². The molecule has 0 aliphatic rings. The summed E-state index contributed by atoms with van der Waals surface area (Å²) >= 11 is 5.89. The Morgan fingerprint density at radius 2 is 2.00 bits per heavy atom. The zero-order chi connectivity index (χ0) is 13.2. The third-order valence-electron chi connectivity index (χ3n) is 2.72. The largest absolute Gasteiger partial charge is 0.399 e. The number of nitrogens with zero attached hydrogens (tertiary/aromatic N) is 2. The maximum atomic E-state index is 5.89. The van der Waals surface area contributed by atoms with E-state index < -0.39 is 0 Å². The van der Waals surface area contributed by atoms with Gasteiger partial charge in [0.25, 0.3) is 0 Å². The van der Waals surface area contributed by atoms with Crippen molar-refractivity contribution in [1.82, 2.24) is 9.97 Å². The van der Waals surface area contributed by atoms with Crippen molar-refractivity contribution in [2.45, 2.75) is 0 Å². The number of nitrogens with two attached hydrogens (primary N) is 1. The molecule has 4 nitrogen and oxygen atoms in total. The molecule has 1 aromatic carbocycles. The van der Waals surface area contributed by atoms with Gasteiger partial charge in [0, 0.05) is 29.0 Å². The Hall–Kier alpha value is -2.33. The van der Waals surface area contributed by atoms with E-state index in [1.54, 1.807) is 18.3 Å². The average Bonchev–Trinajstić information content (AvgIpc) is 2.38. The first kappa shape index (κ1) is 11.7. The van der Waals surface area contributed by atoms with Gasteiger partial charge in [-0.05, 0) is 30.3 Å². The molecule has 0 aliphatic carbocycles. The van der Waals surface area contributed by atoms with Crippen LogP contribution in [0.15, 0.2) is 48.7 Å². The summed E-state index contributed by atoms with van der Waals surface area (Å²) in [5, 5.41) is 4.59. The van der Waals surface area contributed by atoms with Crippen LogP contribution in [0.25, 0.3) is 10.9 Å². The van der Waals surface area contributed by atoms with Crippen LogP contribution < -0.4 is 11.1 Å². The van der Waals surface area contributed by atoms with Crippen LogP contribution in [0.3, 0.4) is 0 Å². The second-order valence-corrected chi connectivity index (χ2v) is 4.50. The van der Waals surface area contributed by atoms with E-state index in [2.05, 4.69) is 15.3 Å². The first-order chi connectivity index (χ1) is 9.22. The van der Waals surface area contributed by atoms with E-state index in [0.29, 0.717) is 16.7 Å². The molecule has 3 N–H and O–H groups in total. The summed E-state index contributed by atoms with van der Waals surface area (Å²) in [6, 6.07) is 13.1. The first-order valence-corrected chi connectivity index (χ1v) is 6.14. The Balaban J connectivity index is 2.05. The summed E-state index contributed by atoms with van der Waals surface area (Å²) in [5.41, 5.74) is 8.15. The summed E-state index contributed by atoms with van der Waals surface area (Å²) in [4.78, 5) is 8.50. The maximum absolute atomic E-state index is 5.89. The summed E-state index contributed by atoms with van der Waals surface area (Å²) in [6.07, 6.45) is 1.77. The Morgan fingerprint density at radius 3 is 2.84 bits per heavy atom. The summed E-state index contributed by atoms with van der Waals surface area (Å²) in [7, 11) is 0. The van der Waals surface area contributed by atoms with Gasteiger partial charge in [0.15, 0.2) is 0 Å². The summed E-state index contributed by atoms with van der Waals surface area (Å²) in [6.45, 7) is 0. The molecule has 0 spiro atoms. The fraction of sp³-hybridized carbons (Fsp3) is 0. The third-order valence-corrected chi connectivity index (χ3v) is 2.92. The number of nitrogen functional groups attached to an aromatic ring is 1. The van der Waals surface area contributed by atoms with E-state index in [4.69, 9.17) is 17.3 Å². The number of hydrogen-bond donors (Lipinski definition) is 2. The van der Waals surface area contributed by atoms with Gasteiger partial charge in [0.05, 0.1) is 5.52 Å². The second kappa shape index (κ2) is 4.74. The Morgan fingerprint density at radius 1 is 1.11 bits per heavy atom. The molecule has 2 heterocycles. The van der Waals surface area contributed by atoms with Crippen LogP contribution in [-0.4, -0.2) is 9.97 Å². The van der Waals surface area contributed by atoms with Crippen molar-refractivity contribution in [3.63, 3.8) is 0 Å². The van der Waals surface area contributed by atoms with Crippen LogP contribution in [0.1, 0.15) is 0 Å². The van der Waals surface area contributed by atoms with Crippen molar-refractivity contribution in [2.75, 3.05) is 11.1 Å². The lowest BCUT2D eigenvalue weighted by atomic mass is 10.2. The van der Waals surface area contributed by atoms with E-state index in [-0.39, 0.29) is 0 Å². The monoisotopic (exact) mass is 270 g/mol. The van der Waals surface area contributed by atoms with Gasteiger partial charge < -0.3 is 11.1 Å². The molecule has 0 amide bonds. The van der Waals surface area contributed by atoms with Gasteiger partial charge in [-0.1, -0.05) is 17.7 Å². The predicted octanol–water partition coefficient (Wildman–Crippen LogP) is 3.61. The molecule has 0 aliphatic heterocycles. The second-order valence-electron chi connectivity index (χ2n) is 4.11. The minimum atomic E-state index is 0.362. The van der Waals surface area contributed by atoms with Crippen LogP contribution in [0.4, 0.5) is 17.2 Å². The van der Waals surface area contributed by atoms with Crippen molar-refractivity contribution in [3.8, 4) is 0 Å². The predicted molar refractivity (Wildman–Crippen MR) is 78.7 cm³/mol. The van der Waals surface area contributed by atoms with Crippen molar-refractivity contribution < 1.29 is 0 Å². The fourth-order valence-corrected chi connectivity index (χ4v) is 2.15. The van der Waals surface area contributed by atoms with Gasteiger partial charge in [-0.2, -0.15) is 0 Å². The van der Waals surface area contributed by atoms with Gasteiger partial charge in [-0.25, -0.2) is 4.98 Å². The Labute approximate surface area is 115 Å². The molecule has 94 valence electrons. The molecular weight excluding hydrogens is 260 g/mol. The minimum absolute atomic E-state index is 0.362. The number of pyridine rings is 2. The van der Waals surface area contributed by atoms with E-state index in [1.165, 1.54) is 0 Å². The fourth-order valence-electron chi connectivity index (χ4n) is 1.93. The number of benzene rings is 1. The zero-order valence-corrected chi connectivity index (χ0v) is 10.7. The molecule has 2 aromatic heterocycles. The molecule has 3 aromatic rings. The highest BCUT2D eigenvalue weighted by Gasteiger charge is 2.04. The van der Waals surface area contributed by atoms with E-state index in [0.717, 1.165) is 16.6 Å². The highest BCUT2D eigenvalue weighted by molar-refractivity contribution is 6.29. The molecule has 0 unspecified atom stereocenters. The van der Waals surface area contributed by atoms with E-state index in [9.17, 15) is 0 Å². The Kier molecular flexibility index (Phi) is 2.93. The van der Waals surface area contributed by atoms with Crippen LogP contribution in [0, 0.1) is 0 Å². The number of anilines is 3. The first-order valence-electron chi connectivity index (χ1n) is 5.76. The quantitative estimate of drug-likeness (QED) is 0.698. The van der Waals surface area contributed by atoms with E-state index in [1.807, 2.05) is 30.3 Å². The topological polar surface area (TPSA) is 63.8 Å². The molecule has 5 heteroatoms. The van der Waals surface area contributed by atoms with Gasteiger partial charge in [0.2, 0.25) is 0 Å². The molecule has 19 heavy (non-hydrogen) atoms. The van der Waals surface area contributed by atoms with Crippen LogP contribution >= 0.6 is 11.6 Å². The third kappa shape index (κ3) is 2.44. The Bertz CT molecular complexity index is 717. The standard InChI is InChI=1S/C14H11ClN4/c15-13-7-9(16)8-14(19-13)18-12-5-1-4-11-10(12)3-2-6-17-11/h1-8H,(H3,16,18,19). The van der Waals surface area contributed by atoms with Gasteiger partial charge >= 0.3 is 0 Å². The molecule has 0 fully saturated rings. The zero-order valence-electron chi connectivity index (χ0n) is 9.97. The van der Waals surface area contributed by atoms with Crippen LogP contribution in [-0.2, 0) is 0 Å². The minimum Gasteiger partial charge on any atom is -0.399 e. The molecular formula is C14H11ClN4. The maximum Gasteiger partial charge on any atom is 0.134 e. The van der Waals surface area contributed by atoms with Crippen LogP contribution in [0.5, 0.6) is 0 Å². The number of rotatable bonds is 2. The lowest BCUT2D eigenvalue weighted by Crippen LogP contribution is -1.97.